The third-order valence-corrected chi connectivity index (χ3v) is 7.18. The highest BCUT2D eigenvalue weighted by molar-refractivity contribution is 7.90. The molecule has 3 aliphatic rings. The molecule has 7 heteroatoms. The minimum atomic E-state index is -3.10. The van der Waals surface area contributed by atoms with Crippen LogP contribution in [0.2, 0.25) is 0 Å². The summed E-state index contributed by atoms with van der Waals surface area (Å²) in [5.41, 5.74) is -0.0355. The van der Waals surface area contributed by atoms with Crippen molar-refractivity contribution in [1.82, 2.24) is 9.21 Å². The SMILES string of the molecule is COCCN1CCC2(COCCN(S(=O)(=O)C3CC3)C2)C1. The van der Waals surface area contributed by atoms with Crippen molar-refractivity contribution in [2.45, 2.75) is 24.5 Å². The maximum absolute atomic E-state index is 12.5. The van der Waals surface area contributed by atoms with E-state index in [4.69, 9.17) is 9.47 Å². The highest BCUT2D eigenvalue weighted by Crippen LogP contribution is 2.37. The second-order valence-electron chi connectivity index (χ2n) is 6.65. The zero-order valence-corrected chi connectivity index (χ0v) is 13.6. The molecule has 3 rings (SSSR count). The van der Waals surface area contributed by atoms with Crippen LogP contribution in [0.5, 0.6) is 0 Å². The van der Waals surface area contributed by atoms with E-state index < -0.39 is 10.0 Å². The van der Waals surface area contributed by atoms with E-state index >= 15 is 0 Å². The van der Waals surface area contributed by atoms with Crippen LogP contribution in [0, 0.1) is 5.41 Å². The number of ether oxygens (including phenoxy) is 2. The van der Waals surface area contributed by atoms with Crippen LogP contribution in [0.15, 0.2) is 0 Å². The molecule has 2 saturated heterocycles. The van der Waals surface area contributed by atoms with Gasteiger partial charge in [0.05, 0.1) is 25.1 Å². The first-order chi connectivity index (χ1) is 10.1. The fourth-order valence-electron chi connectivity index (χ4n) is 3.43. The number of nitrogens with zero attached hydrogens (tertiary/aromatic N) is 2. The molecule has 21 heavy (non-hydrogen) atoms. The Balaban J connectivity index is 1.68. The Morgan fingerprint density at radius 3 is 2.81 bits per heavy atom. The standard InChI is InChI=1S/C14H26N2O4S/c1-19-8-6-15-5-4-14(10-15)11-16(7-9-20-12-14)21(17,18)13-2-3-13/h13H,2-12H2,1H3. The Morgan fingerprint density at radius 2 is 2.10 bits per heavy atom. The van der Waals surface area contributed by atoms with Gasteiger partial charge in [0.1, 0.15) is 0 Å². The van der Waals surface area contributed by atoms with Crippen LogP contribution in [0.25, 0.3) is 0 Å². The molecular weight excluding hydrogens is 292 g/mol. The van der Waals surface area contributed by atoms with Crippen molar-refractivity contribution in [1.29, 1.82) is 0 Å². The normalized spacial score (nSPS) is 32.6. The molecule has 2 heterocycles. The molecule has 0 N–H and O–H groups in total. The average Bonchev–Trinajstić information content (AvgIpc) is 3.25. The van der Waals surface area contributed by atoms with Gasteiger partial charge in [-0.2, -0.15) is 4.31 Å². The van der Waals surface area contributed by atoms with Gasteiger partial charge < -0.3 is 14.4 Å². The van der Waals surface area contributed by atoms with Gasteiger partial charge in [-0.15, -0.1) is 0 Å². The Morgan fingerprint density at radius 1 is 1.29 bits per heavy atom. The van der Waals surface area contributed by atoms with E-state index in [9.17, 15) is 8.42 Å². The van der Waals surface area contributed by atoms with Crippen LogP contribution in [0.1, 0.15) is 19.3 Å². The molecule has 0 amide bonds. The van der Waals surface area contributed by atoms with Crippen molar-refractivity contribution in [2.24, 2.45) is 5.41 Å². The number of hydrogen-bond acceptors (Lipinski definition) is 5. The van der Waals surface area contributed by atoms with E-state index in [1.165, 1.54) is 0 Å². The topological polar surface area (TPSA) is 59.1 Å². The van der Waals surface area contributed by atoms with E-state index in [1.807, 2.05) is 0 Å². The van der Waals surface area contributed by atoms with E-state index in [1.54, 1.807) is 11.4 Å². The van der Waals surface area contributed by atoms with Crippen molar-refractivity contribution in [3.05, 3.63) is 0 Å². The molecule has 1 spiro atoms. The van der Waals surface area contributed by atoms with Gasteiger partial charge >= 0.3 is 0 Å². The molecule has 6 nitrogen and oxygen atoms in total. The number of sulfonamides is 1. The van der Waals surface area contributed by atoms with Gasteiger partial charge in [0.25, 0.3) is 0 Å². The summed E-state index contributed by atoms with van der Waals surface area (Å²) in [7, 11) is -1.39. The largest absolute Gasteiger partial charge is 0.383 e. The zero-order chi connectivity index (χ0) is 14.9. The Bertz CT molecular complexity index is 466. The van der Waals surface area contributed by atoms with Gasteiger partial charge in [0, 0.05) is 38.7 Å². The second-order valence-corrected chi connectivity index (χ2v) is 8.86. The quantitative estimate of drug-likeness (QED) is 0.722. The predicted molar refractivity (Wildman–Crippen MR) is 79.7 cm³/mol. The lowest BCUT2D eigenvalue weighted by atomic mass is 9.88. The van der Waals surface area contributed by atoms with Gasteiger partial charge in [0.2, 0.25) is 10.0 Å². The van der Waals surface area contributed by atoms with Gasteiger partial charge in [0.15, 0.2) is 0 Å². The summed E-state index contributed by atoms with van der Waals surface area (Å²) in [6.45, 7) is 5.87. The summed E-state index contributed by atoms with van der Waals surface area (Å²) in [4.78, 5) is 2.36. The van der Waals surface area contributed by atoms with E-state index in [0.717, 1.165) is 45.5 Å². The smallest absolute Gasteiger partial charge is 0.217 e. The Hall–Kier alpha value is -0.210. The molecular formula is C14H26N2O4S. The molecule has 1 saturated carbocycles. The highest BCUT2D eigenvalue weighted by Gasteiger charge is 2.47. The van der Waals surface area contributed by atoms with Crippen LogP contribution in [0.4, 0.5) is 0 Å². The maximum atomic E-state index is 12.5. The van der Waals surface area contributed by atoms with E-state index in [0.29, 0.717) is 26.3 Å². The molecule has 1 unspecified atom stereocenters. The van der Waals surface area contributed by atoms with Crippen LogP contribution >= 0.6 is 0 Å². The third-order valence-electron chi connectivity index (χ3n) is 4.84. The first kappa shape index (κ1) is 15.7. The monoisotopic (exact) mass is 318 g/mol. The summed E-state index contributed by atoms with van der Waals surface area (Å²) in [6, 6.07) is 0. The number of hydrogen-bond donors (Lipinski definition) is 0. The minimum absolute atomic E-state index is 0.0355. The van der Waals surface area contributed by atoms with Crippen molar-refractivity contribution >= 4 is 10.0 Å². The van der Waals surface area contributed by atoms with Crippen molar-refractivity contribution in [2.75, 3.05) is 59.7 Å². The van der Waals surface area contributed by atoms with Crippen LogP contribution in [-0.4, -0.2) is 82.5 Å². The van der Waals surface area contributed by atoms with Gasteiger partial charge in [-0.1, -0.05) is 0 Å². The molecule has 0 aromatic rings. The fraction of sp³-hybridized carbons (Fsp3) is 1.00. The maximum Gasteiger partial charge on any atom is 0.217 e. The van der Waals surface area contributed by atoms with Crippen LogP contribution in [0.3, 0.4) is 0 Å². The van der Waals surface area contributed by atoms with Crippen molar-refractivity contribution in [3.8, 4) is 0 Å². The molecule has 0 radical (unpaired) electrons. The summed E-state index contributed by atoms with van der Waals surface area (Å²) >= 11 is 0. The summed E-state index contributed by atoms with van der Waals surface area (Å²) in [5, 5.41) is -0.126. The lowest BCUT2D eigenvalue weighted by molar-refractivity contribution is 0.0697. The third kappa shape index (κ3) is 3.42. The van der Waals surface area contributed by atoms with E-state index in [-0.39, 0.29) is 10.7 Å². The summed E-state index contributed by atoms with van der Waals surface area (Å²) in [5.74, 6) is 0. The zero-order valence-electron chi connectivity index (χ0n) is 12.8. The predicted octanol–water partition coefficient (Wildman–Crippen LogP) is 0.149. The highest BCUT2D eigenvalue weighted by atomic mass is 32.2. The molecule has 2 aliphatic heterocycles. The summed E-state index contributed by atoms with van der Waals surface area (Å²) in [6.07, 6.45) is 2.66. The molecule has 0 bridgehead atoms. The van der Waals surface area contributed by atoms with E-state index in [2.05, 4.69) is 4.90 Å². The molecule has 0 aromatic heterocycles. The van der Waals surface area contributed by atoms with Crippen LogP contribution < -0.4 is 0 Å². The lowest BCUT2D eigenvalue weighted by Gasteiger charge is -2.31. The molecule has 122 valence electrons. The van der Waals surface area contributed by atoms with Crippen molar-refractivity contribution in [3.63, 3.8) is 0 Å². The number of rotatable bonds is 5. The van der Waals surface area contributed by atoms with Gasteiger partial charge in [-0.25, -0.2) is 8.42 Å². The van der Waals surface area contributed by atoms with Gasteiger partial charge in [-0.3, -0.25) is 0 Å². The Kier molecular flexibility index (Phi) is 4.57. The Labute approximate surface area is 127 Å². The fourth-order valence-corrected chi connectivity index (χ4v) is 5.37. The lowest BCUT2D eigenvalue weighted by Crippen LogP contribution is -2.44. The summed E-state index contributed by atoms with van der Waals surface area (Å²) < 4.78 is 37.7. The molecule has 3 fully saturated rings. The van der Waals surface area contributed by atoms with Crippen LogP contribution in [-0.2, 0) is 19.5 Å². The van der Waals surface area contributed by atoms with Crippen molar-refractivity contribution < 1.29 is 17.9 Å². The first-order valence-corrected chi connectivity index (χ1v) is 9.34. The average molecular weight is 318 g/mol. The molecule has 1 atom stereocenters. The number of likely N-dealkylation sites (tertiary alicyclic amines) is 1. The van der Waals surface area contributed by atoms with Gasteiger partial charge in [-0.05, 0) is 25.8 Å². The number of methoxy groups -OCH3 is 1. The molecule has 0 aromatic carbocycles. The second kappa shape index (κ2) is 6.12. The minimum Gasteiger partial charge on any atom is -0.383 e. The molecule has 1 aliphatic carbocycles. The first-order valence-electron chi connectivity index (χ1n) is 7.84.